The molecule has 1 N–H and O–H groups in total. The van der Waals surface area contributed by atoms with Crippen molar-refractivity contribution in [1.29, 1.82) is 0 Å². The molecule has 1 rings (SSSR count). The Morgan fingerprint density at radius 1 is 1.60 bits per heavy atom. The third-order valence-corrected chi connectivity index (χ3v) is 2.14. The van der Waals surface area contributed by atoms with Crippen molar-refractivity contribution in [1.82, 2.24) is 0 Å². The summed E-state index contributed by atoms with van der Waals surface area (Å²) in [6.07, 6.45) is 3.89. The molecule has 0 radical (unpaired) electrons. The first kappa shape index (κ1) is 8.02. The molecule has 0 saturated carbocycles. The molecule has 0 bridgehead atoms. The highest BCUT2D eigenvalue weighted by atomic mass is 16.5. The first-order valence-corrected chi connectivity index (χ1v) is 4.07. The second kappa shape index (κ2) is 3.94. The third kappa shape index (κ3) is 1.96. The summed E-state index contributed by atoms with van der Waals surface area (Å²) < 4.78 is 5.47. The van der Waals surface area contributed by atoms with E-state index in [0.29, 0.717) is 12.0 Å². The van der Waals surface area contributed by atoms with E-state index in [9.17, 15) is 0 Å². The predicted octanol–water partition coefficient (Wildman–Crippen LogP) is 1.18. The van der Waals surface area contributed by atoms with Crippen LogP contribution in [0.3, 0.4) is 0 Å². The SMILES string of the molecule is C[C@@H](CO)C1CCCCO1. The van der Waals surface area contributed by atoms with Crippen LogP contribution in [0, 0.1) is 5.92 Å². The second-order valence-electron chi connectivity index (χ2n) is 3.06. The lowest BCUT2D eigenvalue weighted by Crippen LogP contribution is -2.28. The van der Waals surface area contributed by atoms with E-state index in [2.05, 4.69) is 0 Å². The summed E-state index contributed by atoms with van der Waals surface area (Å²) in [5, 5.41) is 8.81. The van der Waals surface area contributed by atoms with Crippen LogP contribution in [-0.2, 0) is 4.74 Å². The van der Waals surface area contributed by atoms with Crippen molar-refractivity contribution < 1.29 is 9.84 Å². The molecule has 2 heteroatoms. The number of hydrogen-bond acceptors (Lipinski definition) is 2. The minimum absolute atomic E-state index is 0.255. The van der Waals surface area contributed by atoms with Crippen molar-refractivity contribution in [3.05, 3.63) is 0 Å². The fourth-order valence-corrected chi connectivity index (χ4v) is 1.33. The Balaban J connectivity index is 2.24. The van der Waals surface area contributed by atoms with Crippen LogP contribution in [0.2, 0.25) is 0 Å². The van der Waals surface area contributed by atoms with E-state index in [1.165, 1.54) is 12.8 Å². The summed E-state index contributed by atoms with van der Waals surface area (Å²) >= 11 is 0. The fourth-order valence-electron chi connectivity index (χ4n) is 1.33. The molecule has 2 nitrogen and oxygen atoms in total. The molecule has 1 aliphatic rings. The highest BCUT2D eigenvalue weighted by Crippen LogP contribution is 2.19. The van der Waals surface area contributed by atoms with Gasteiger partial charge in [-0.2, -0.15) is 0 Å². The largest absolute Gasteiger partial charge is 0.396 e. The molecule has 1 aliphatic heterocycles. The first-order valence-electron chi connectivity index (χ1n) is 4.07. The zero-order chi connectivity index (χ0) is 7.40. The Kier molecular flexibility index (Phi) is 3.16. The van der Waals surface area contributed by atoms with Gasteiger partial charge in [0.05, 0.1) is 6.10 Å². The van der Waals surface area contributed by atoms with Gasteiger partial charge in [-0.05, 0) is 19.3 Å². The maximum absolute atomic E-state index is 8.81. The standard InChI is InChI=1S/C8H16O2/c1-7(6-9)8-4-2-3-5-10-8/h7-9H,2-6H2,1H3/t7-,8?/m0/s1. The smallest absolute Gasteiger partial charge is 0.0622 e. The van der Waals surface area contributed by atoms with Crippen molar-refractivity contribution in [2.45, 2.75) is 32.3 Å². The van der Waals surface area contributed by atoms with Gasteiger partial charge in [0.25, 0.3) is 0 Å². The zero-order valence-electron chi connectivity index (χ0n) is 6.55. The summed E-state index contributed by atoms with van der Waals surface area (Å²) in [4.78, 5) is 0. The van der Waals surface area contributed by atoms with Crippen LogP contribution in [0.5, 0.6) is 0 Å². The maximum Gasteiger partial charge on any atom is 0.0622 e. The molecule has 1 saturated heterocycles. The van der Waals surface area contributed by atoms with Gasteiger partial charge in [-0.15, -0.1) is 0 Å². The monoisotopic (exact) mass is 144 g/mol. The van der Waals surface area contributed by atoms with Crippen LogP contribution < -0.4 is 0 Å². The van der Waals surface area contributed by atoms with Crippen LogP contribution in [-0.4, -0.2) is 24.4 Å². The second-order valence-corrected chi connectivity index (χ2v) is 3.06. The molecule has 1 fully saturated rings. The summed E-state index contributed by atoms with van der Waals surface area (Å²) in [5.74, 6) is 0.320. The van der Waals surface area contributed by atoms with Gasteiger partial charge in [0.1, 0.15) is 0 Å². The van der Waals surface area contributed by atoms with Gasteiger partial charge in [0.2, 0.25) is 0 Å². The Morgan fingerprint density at radius 2 is 2.40 bits per heavy atom. The summed E-state index contributed by atoms with van der Waals surface area (Å²) in [5.41, 5.74) is 0. The fraction of sp³-hybridized carbons (Fsp3) is 1.00. The third-order valence-electron chi connectivity index (χ3n) is 2.14. The quantitative estimate of drug-likeness (QED) is 0.630. The van der Waals surface area contributed by atoms with E-state index in [4.69, 9.17) is 9.84 Å². The number of ether oxygens (including phenoxy) is 1. The predicted molar refractivity (Wildman–Crippen MR) is 39.8 cm³/mol. The van der Waals surface area contributed by atoms with E-state index in [1.807, 2.05) is 6.92 Å². The van der Waals surface area contributed by atoms with Crippen molar-refractivity contribution in [2.24, 2.45) is 5.92 Å². The molecule has 10 heavy (non-hydrogen) atoms. The van der Waals surface area contributed by atoms with Crippen molar-refractivity contribution in [2.75, 3.05) is 13.2 Å². The van der Waals surface area contributed by atoms with Gasteiger partial charge < -0.3 is 9.84 Å². The van der Waals surface area contributed by atoms with E-state index >= 15 is 0 Å². The Hall–Kier alpha value is -0.0800. The minimum atomic E-state index is 0.255. The van der Waals surface area contributed by atoms with Crippen LogP contribution in [0.15, 0.2) is 0 Å². The van der Waals surface area contributed by atoms with Gasteiger partial charge in [0, 0.05) is 19.1 Å². The number of hydrogen-bond donors (Lipinski definition) is 1. The lowest BCUT2D eigenvalue weighted by Gasteiger charge is -2.26. The zero-order valence-corrected chi connectivity index (χ0v) is 6.55. The van der Waals surface area contributed by atoms with Gasteiger partial charge in [0.15, 0.2) is 0 Å². The molecule has 0 aromatic rings. The Morgan fingerprint density at radius 3 is 2.90 bits per heavy atom. The number of rotatable bonds is 2. The molecule has 0 aromatic carbocycles. The summed E-state index contributed by atoms with van der Waals surface area (Å²) in [7, 11) is 0. The molecule has 0 aliphatic carbocycles. The molecular weight excluding hydrogens is 128 g/mol. The topological polar surface area (TPSA) is 29.5 Å². The van der Waals surface area contributed by atoms with E-state index in [1.54, 1.807) is 0 Å². The molecule has 0 amide bonds. The van der Waals surface area contributed by atoms with Crippen molar-refractivity contribution >= 4 is 0 Å². The van der Waals surface area contributed by atoms with Gasteiger partial charge in [-0.3, -0.25) is 0 Å². The van der Waals surface area contributed by atoms with Crippen LogP contribution >= 0.6 is 0 Å². The lowest BCUT2D eigenvalue weighted by atomic mass is 9.98. The van der Waals surface area contributed by atoms with Gasteiger partial charge in [-0.25, -0.2) is 0 Å². The normalized spacial score (nSPS) is 30.0. The Bertz CT molecular complexity index is 87.3. The highest BCUT2D eigenvalue weighted by Gasteiger charge is 2.19. The van der Waals surface area contributed by atoms with E-state index in [0.717, 1.165) is 13.0 Å². The van der Waals surface area contributed by atoms with Crippen molar-refractivity contribution in [3.8, 4) is 0 Å². The highest BCUT2D eigenvalue weighted by molar-refractivity contribution is 4.68. The molecular formula is C8H16O2. The Labute approximate surface area is 62.2 Å². The number of aliphatic hydroxyl groups excluding tert-OH is 1. The molecule has 60 valence electrons. The summed E-state index contributed by atoms with van der Waals surface area (Å²) in [6.45, 7) is 3.18. The molecule has 2 atom stereocenters. The number of aliphatic hydroxyl groups is 1. The van der Waals surface area contributed by atoms with E-state index < -0.39 is 0 Å². The molecule has 0 spiro atoms. The van der Waals surface area contributed by atoms with Crippen LogP contribution in [0.4, 0.5) is 0 Å². The molecule has 1 unspecified atom stereocenters. The van der Waals surface area contributed by atoms with Crippen LogP contribution in [0.1, 0.15) is 26.2 Å². The molecule has 1 heterocycles. The summed E-state index contributed by atoms with van der Waals surface area (Å²) in [6, 6.07) is 0. The maximum atomic E-state index is 8.81. The average molecular weight is 144 g/mol. The molecule has 0 aromatic heterocycles. The van der Waals surface area contributed by atoms with E-state index in [-0.39, 0.29) is 6.61 Å². The van der Waals surface area contributed by atoms with Crippen LogP contribution in [0.25, 0.3) is 0 Å². The van der Waals surface area contributed by atoms with Gasteiger partial charge >= 0.3 is 0 Å². The lowest BCUT2D eigenvalue weighted by molar-refractivity contribution is -0.0298. The first-order chi connectivity index (χ1) is 4.84. The average Bonchev–Trinajstić information content (AvgIpc) is 2.05. The van der Waals surface area contributed by atoms with Gasteiger partial charge in [-0.1, -0.05) is 6.92 Å². The van der Waals surface area contributed by atoms with Crippen molar-refractivity contribution in [3.63, 3.8) is 0 Å². The minimum Gasteiger partial charge on any atom is -0.396 e.